The maximum Gasteiger partial charge on any atom is 0.274 e. The molecule has 0 aliphatic heterocycles. The molecule has 0 saturated carbocycles. The van der Waals surface area contributed by atoms with Crippen molar-refractivity contribution in [2.24, 2.45) is 5.14 Å². The van der Waals surface area contributed by atoms with E-state index in [0.717, 1.165) is 6.20 Å². The van der Waals surface area contributed by atoms with Gasteiger partial charge in [-0.2, -0.15) is 0 Å². The fraction of sp³-hybridized carbons (Fsp3) is 0.0741. The van der Waals surface area contributed by atoms with Crippen molar-refractivity contribution < 1.29 is 13.2 Å². The topological polar surface area (TPSA) is 176 Å². The Morgan fingerprint density at radius 3 is 2.52 bits per heavy atom. The van der Waals surface area contributed by atoms with Crippen LogP contribution < -0.4 is 21.7 Å². The van der Waals surface area contributed by atoms with Crippen molar-refractivity contribution in [1.82, 2.24) is 24.8 Å². The summed E-state index contributed by atoms with van der Waals surface area (Å²) in [5, 5.41) is 9.33. The maximum absolute atomic E-state index is 13.7. The molecule has 40 heavy (non-hydrogen) atoms. The van der Waals surface area contributed by atoms with E-state index in [2.05, 4.69) is 20.3 Å². The van der Waals surface area contributed by atoms with Crippen molar-refractivity contribution >= 4 is 44.1 Å². The van der Waals surface area contributed by atoms with E-state index in [1.54, 1.807) is 55.5 Å². The first-order chi connectivity index (χ1) is 19.0. The Balaban J connectivity index is 1.55. The van der Waals surface area contributed by atoms with Crippen LogP contribution in [0.15, 0.2) is 88.9 Å². The highest BCUT2D eigenvalue weighted by Crippen LogP contribution is 2.26. The molecule has 1 amide bonds. The zero-order valence-corrected chi connectivity index (χ0v) is 22.5. The molecule has 5 aromatic rings. The highest BCUT2D eigenvalue weighted by Gasteiger charge is 2.22. The number of amides is 1. The quantitative estimate of drug-likeness (QED) is 0.276. The number of fused-ring (bicyclic) bond motifs is 1. The molecule has 0 aliphatic rings. The number of carbonyl (C=O) groups is 1. The Morgan fingerprint density at radius 1 is 1.05 bits per heavy atom. The summed E-state index contributed by atoms with van der Waals surface area (Å²) in [6.07, 6.45) is 3.75. The number of para-hydroxylation sites is 1. The average Bonchev–Trinajstić information content (AvgIpc) is 2.93. The van der Waals surface area contributed by atoms with Crippen molar-refractivity contribution in [3.63, 3.8) is 0 Å². The number of nitrogens with two attached hydrogens (primary N) is 2. The monoisotopic (exact) mass is 575 g/mol. The molecule has 0 bridgehead atoms. The van der Waals surface area contributed by atoms with Crippen LogP contribution in [0.4, 0.5) is 5.82 Å². The van der Waals surface area contributed by atoms with Crippen molar-refractivity contribution in [3.8, 4) is 16.9 Å². The lowest BCUT2D eigenvalue weighted by atomic mass is 10.1. The van der Waals surface area contributed by atoms with Crippen molar-refractivity contribution in [2.75, 3.05) is 5.73 Å². The summed E-state index contributed by atoms with van der Waals surface area (Å²) in [6.45, 7) is 1.72. The summed E-state index contributed by atoms with van der Waals surface area (Å²) in [5.74, 6) is -0.803. The van der Waals surface area contributed by atoms with E-state index in [-0.39, 0.29) is 33.2 Å². The number of benzene rings is 2. The molecule has 2 aromatic carbocycles. The van der Waals surface area contributed by atoms with E-state index in [1.807, 2.05) is 6.07 Å². The van der Waals surface area contributed by atoms with Gasteiger partial charge < -0.3 is 11.1 Å². The van der Waals surface area contributed by atoms with Gasteiger partial charge in [-0.1, -0.05) is 41.9 Å². The largest absolute Gasteiger partial charge is 0.382 e. The van der Waals surface area contributed by atoms with E-state index < -0.39 is 22.0 Å². The molecular formula is C27H22ClN7O4S. The molecule has 5 N–H and O–H groups in total. The summed E-state index contributed by atoms with van der Waals surface area (Å²) < 4.78 is 25.0. The van der Waals surface area contributed by atoms with Gasteiger partial charge in [0.1, 0.15) is 4.90 Å². The van der Waals surface area contributed by atoms with E-state index in [1.165, 1.54) is 23.0 Å². The van der Waals surface area contributed by atoms with E-state index >= 15 is 0 Å². The van der Waals surface area contributed by atoms with Crippen LogP contribution in [0.2, 0.25) is 5.02 Å². The Bertz CT molecular complexity index is 1950. The molecule has 3 heterocycles. The van der Waals surface area contributed by atoms with Gasteiger partial charge in [0.25, 0.3) is 11.5 Å². The number of pyridine rings is 2. The van der Waals surface area contributed by atoms with Crippen LogP contribution in [-0.4, -0.2) is 33.8 Å². The molecule has 0 aliphatic carbocycles. The van der Waals surface area contributed by atoms with E-state index in [9.17, 15) is 18.0 Å². The number of hydrogen-bond donors (Lipinski definition) is 3. The minimum Gasteiger partial charge on any atom is -0.382 e. The number of nitrogens with one attached hydrogen (secondary N) is 1. The molecule has 11 nitrogen and oxygen atoms in total. The summed E-state index contributed by atoms with van der Waals surface area (Å²) in [6, 6.07) is 16.5. The number of halogens is 1. The Labute approximate surface area is 233 Å². The second-order valence-corrected chi connectivity index (χ2v) is 10.9. The number of nitrogens with zero attached hydrogens (tertiary/aromatic N) is 4. The third-order valence-corrected chi connectivity index (χ3v) is 7.38. The van der Waals surface area contributed by atoms with Crippen molar-refractivity contribution in [3.05, 3.63) is 106 Å². The smallest absolute Gasteiger partial charge is 0.274 e. The molecule has 0 radical (unpaired) electrons. The van der Waals surface area contributed by atoms with Crippen LogP contribution in [0.3, 0.4) is 0 Å². The number of nitrogen functional groups attached to an aromatic ring is 1. The molecule has 3 aromatic heterocycles. The number of sulfonamides is 1. The SMILES string of the molecule is C[C@H](NC(=O)c1nc(-c2cncc(S(N)(=O)=O)c2)cnc1N)c1cc2cccc(Cl)c2c(=O)n1-c1ccccc1. The second-order valence-electron chi connectivity index (χ2n) is 8.89. The van der Waals surface area contributed by atoms with Crippen LogP contribution in [0.5, 0.6) is 0 Å². The highest BCUT2D eigenvalue weighted by atomic mass is 35.5. The zero-order chi connectivity index (χ0) is 28.6. The van der Waals surface area contributed by atoms with Gasteiger partial charge in [0, 0.05) is 29.3 Å². The molecule has 13 heteroatoms. The summed E-state index contributed by atoms with van der Waals surface area (Å²) in [4.78, 5) is 39.1. The predicted molar refractivity (Wildman–Crippen MR) is 151 cm³/mol. The molecule has 0 unspecified atom stereocenters. The lowest BCUT2D eigenvalue weighted by Gasteiger charge is -2.21. The van der Waals surface area contributed by atoms with Crippen molar-refractivity contribution in [1.29, 1.82) is 0 Å². The molecule has 0 spiro atoms. The maximum atomic E-state index is 13.7. The fourth-order valence-corrected chi connectivity index (χ4v) is 5.02. The number of rotatable bonds is 6. The molecule has 5 rings (SSSR count). The molecular weight excluding hydrogens is 554 g/mol. The van der Waals surface area contributed by atoms with E-state index in [0.29, 0.717) is 27.2 Å². The van der Waals surface area contributed by atoms with Crippen LogP contribution in [0, 0.1) is 0 Å². The van der Waals surface area contributed by atoms with E-state index in [4.69, 9.17) is 22.5 Å². The van der Waals surface area contributed by atoms with Gasteiger partial charge in [-0.3, -0.25) is 19.1 Å². The minimum atomic E-state index is -4.01. The van der Waals surface area contributed by atoms with Crippen LogP contribution >= 0.6 is 11.6 Å². The molecule has 1 atom stereocenters. The average molecular weight is 576 g/mol. The van der Waals surface area contributed by atoms with Gasteiger partial charge in [-0.05, 0) is 42.6 Å². The lowest BCUT2D eigenvalue weighted by molar-refractivity contribution is 0.0934. The van der Waals surface area contributed by atoms with Gasteiger partial charge in [-0.15, -0.1) is 0 Å². The third kappa shape index (κ3) is 5.15. The summed E-state index contributed by atoms with van der Waals surface area (Å²) in [5.41, 5.74) is 6.96. The predicted octanol–water partition coefficient (Wildman–Crippen LogP) is 3.22. The molecule has 202 valence electrons. The summed E-state index contributed by atoms with van der Waals surface area (Å²) in [7, 11) is -4.01. The van der Waals surface area contributed by atoms with Gasteiger partial charge in [0.15, 0.2) is 11.5 Å². The van der Waals surface area contributed by atoms with Crippen LogP contribution in [0.25, 0.3) is 27.7 Å². The Morgan fingerprint density at radius 2 is 1.80 bits per heavy atom. The van der Waals surface area contributed by atoms with Crippen LogP contribution in [0.1, 0.15) is 29.1 Å². The first-order valence-corrected chi connectivity index (χ1v) is 13.8. The second kappa shape index (κ2) is 10.5. The van der Waals surface area contributed by atoms with Gasteiger partial charge >= 0.3 is 0 Å². The third-order valence-electron chi connectivity index (χ3n) is 6.18. The fourth-order valence-electron chi connectivity index (χ4n) is 4.26. The number of anilines is 1. The standard InChI is InChI=1S/C27H22ClN7O4S/c1-15(22-11-16-6-5-9-20(28)23(16)27(37)35(22)18-7-3-2-4-8-18)33-26(36)24-25(29)32-14-21(34-24)17-10-19(13-31-12-17)40(30,38)39/h2-15H,1H3,(H2,29,32)(H,33,36)(H2,30,38,39)/t15-/m0/s1. The highest BCUT2D eigenvalue weighted by molar-refractivity contribution is 7.89. The van der Waals surface area contributed by atoms with Gasteiger partial charge in [0.2, 0.25) is 10.0 Å². The van der Waals surface area contributed by atoms with Gasteiger partial charge in [-0.25, -0.2) is 23.5 Å². The molecule has 0 fully saturated rings. The number of aromatic nitrogens is 4. The first kappa shape index (κ1) is 26.9. The lowest BCUT2D eigenvalue weighted by Crippen LogP contribution is -2.33. The normalized spacial score (nSPS) is 12.3. The van der Waals surface area contributed by atoms with Crippen molar-refractivity contribution in [2.45, 2.75) is 17.9 Å². The first-order valence-electron chi connectivity index (χ1n) is 11.9. The van der Waals surface area contributed by atoms with Crippen LogP contribution in [-0.2, 0) is 10.0 Å². The minimum absolute atomic E-state index is 0.144. The van der Waals surface area contributed by atoms with Gasteiger partial charge in [0.05, 0.1) is 28.3 Å². The zero-order valence-electron chi connectivity index (χ0n) is 20.9. The Hall–Kier alpha value is -4.65. The number of carbonyl (C=O) groups excluding carboxylic acids is 1. The summed E-state index contributed by atoms with van der Waals surface area (Å²) >= 11 is 6.38. The Kier molecular flexibility index (Phi) is 7.06. The number of hydrogen-bond acceptors (Lipinski definition) is 8. The molecule has 0 saturated heterocycles. The number of primary sulfonamides is 1.